The van der Waals surface area contributed by atoms with Gasteiger partial charge in [0.2, 0.25) is 0 Å². The molecule has 0 bridgehead atoms. The normalized spacial score (nSPS) is 14.1. The van der Waals surface area contributed by atoms with E-state index in [2.05, 4.69) is 54.8 Å². The van der Waals surface area contributed by atoms with E-state index in [4.69, 9.17) is 24.8 Å². The number of phosphoric ester groups is 1. The second kappa shape index (κ2) is 37.6. The fourth-order valence-corrected chi connectivity index (χ4v) is 6.39. The Hall–Kier alpha value is -2.30. The summed E-state index contributed by atoms with van der Waals surface area (Å²) in [5.41, 5.74) is 5.33. The molecule has 11 nitrogen and oxygen atoms in total. The van der Waals surface area contributed by atoms with E-state index in [0.29, 0.717) is 12.8 Å². The molecule has 0 radical (unpaired) electrons. The first-order valence-electron chi connectivity index (χ1n) is 21.0. The molecular weight excluding hydrogens is 709 g/mol. The maximum atomic E-state index is 12.6. The number of unbranched alkanes of at least 4 members (excludes halogenated alkanes) is 19. The van der Waals surface area contributed by atoms with E-state index < -0.39 is 51.1 Å². The molecule has 54 heavy (non-hydrogen) atoms. The molecule has 0 saturated heterocycles. The van der Waals surface area contributed by atoms with Crippen molar-refractivity contribution in [2.24, 2.45) is 5.73 Å². The third-order valence-electron chi connectivity index (χ3n) is 8.90. The van der Waals surface area contributed by atoms with Crippen LogP contribution in [0, 0.1) is 0 Å². The van der Waals surface area contributed by atoms with Crippen molar-refractivity contribution in [1.82, 2.24) is 0 Å². The SMILES string of the molecule is CC/C=C\C/C=C\C/C=C\CCCCCCCC(=O)O[C@H](COC(=O)CCCCCCCCCCCCCCCCC)COP(=O)(O)OC[C@H](N)C(=O)O. The van der Waals surface area contributed by atoms with Gasteiger partial charge in [-0.1, -0.05) is 159 Å². The summed E-state index contributed by atoms with van der Waals surface area (Å²) in [6.07, 6.45) is 39.2. The summed E-state index contributed by atoms with van der Waals surface area (Å²) in [6.45, 7) is 2.67. The minimum absolute atomic E-state index is 0.143. The molecule has 1 unspecified atom stereocenters. The van der Waals surface area contributed by atoms with Gasteiger partial charge in [0.1, 0.15) is 12.6 Å². The summed E-state index contributed by atoms with van der Waals surface area (Å²) in [5.74, 6) is -2.40. The molecule has 4 N–H and O–H groups in total. The Morgan fingerprint density at radius 3 is 1.56 bits per heavy atom. The first-order chi connectivity index (χ1) is 26.1. The summed E-state index contributed by atoms with van der Waals surface area (Å²) >= 11 is 0. The molecular formula is C42H76NO10P. The van der Waals surface area contributed by atoms with Crippen LogP contribution in [0.1, 0.15) is 181 Å². The molecule has 0 aromatic rings. The Bertz CT molecular complexity index is 1060. The average Bonchev–Trinajstić information content (AvgIpc) is 3.14. The lowest BCUT2D eigenvalue weighted by Crippen LogP contribution is -2.34. The predicted molar refractivity (Wildman–Crippen MR) is 217 cm³/mol. The maximum Gasteiger partial charge on any atom is 0.472 e. The summed E-state index contributed by atoms with van der Waals surface area (Å²) in [5, 5.41) is 8.88. The molecule has 0 rings (SSSR count). The highest BCUT2D eigenvalue weighted by molar-refractivity contribution is 7.47. The zero-order valence-corrected chi connectivity index (χ0v) is 34.7. The number of allylic oxidation sites excluding steroid dienone is 6. The van der Waals surface area contributed by atoms with E-state index in [1.807, 2.05) is 0 Å². The van der Waals surface area contributed by atoms with Crippen LogP contribution in [0.5, 0.6) is 0 Å². The van der Waals surface area contributed by atoms with Gasteiger partial charge in [0.15, 0.2) is 6.10 Å². The second-order valence-electron chi connectivity index (χ2n) is 14.1. The highest BCUT2D eigenvalue weighted by Crippen LogP contribution is 2.43. The van der Waals surface area contributed by atoms with Crippen LogP contribution in [0.4, 0.5) is 0 Å². The summed E-state index contributed by atoms with van der Waals surface area (Å²) in [7, 11) is -4.72. The number of rotatable bonds is 39. The largest absolute Gasteiger partial charge is 0.480 e. The van der Waals surface area contributed by atoms with Gasteiger partial charge < -0.3 is 25.2 Å². The molecule has 0 fully saturated rings. The van der Waals surface area contributed by atoms with E-state index in [0.717, 1.165) is 70.6 Å². The molecule has 3 atom stereocenters. The smallest absolute Gasteiger partial charge is 0.472 e. The number of phosphoric acid groups is 1. The van der Waals surface area contributed by atoms with Gasteiger partial charge in [-0.2, -0.15) is 0 Å². The van der Waals surface area contributed by atoms with Gasteiger partial charge >= 0.3 is 25.7 Å². The molecule has 0 aromatic heterocycles. The summed E-state index contributed by atoms with van der Waals surface area (Å²) in [4.78, 5) is 45.9. The molecule has 0 aromatic carbocycles. The van der Waals surface area contributed by atoms with Crippen LogP contribution in [-0.2, 0) is 37.5 Å². The quantitative estimate of drug-likeness (QED) is 0.0234. The molecule has 0 saturated carbocycles. The standard InChI is InChI=1S/C42H76NO10P/c1-3-5-7-9-11-13-15-17-19-21-23-25-27-29-31-33-40(44)50-35-38(36-51-54(48,49)52-37-39(43)42(46)47)53-41(45)34-32-30-28-26-24-22-20-18-16-14-12-10-8-6-4-2/h6,8,12,14,18,20,38-39H,3-5,7,9-11,13,15-17,19,21-37,43H2,1-2H3,(H,46,47)(H,48,49)/b8-6-,14-12-,20-18-/t38-,39+/m1/s1. The van der Waals surface area contributed by atoms with Crippen molar-refractivity contribution in [2.75, 3.05) is 19.8 Å². The zero-order valence-electron chi connectivity index (χ0n) is 33.8. The molecule has 0 aliphatic heterocycles. The van der Waals surface area contributed by atoms with Gasteiger partial charge in [-0.05, 0) is 44.9 Å². The third kappa shape index (κ3) is 36.7. The van der Waals surface area contributed by atoms with Crippen molar-refractivity contribution in [2.45, 2.75) is 193 Å². The van der Waals surface area contributed by atoms with Crippen LogP contribution in [0.2, 0.25) is 0 Å². The van der Waals surface area contributed by atoms with Gasteiger partial charge in [0.25, 0.3) is 0 Å². The van der Waals surface area contributed by atoms with Crippen molar-refractivity contribution < 1.29 is 47.5 Å². The lowest BCUT2D eigenvalue weighted by atomic mass is 10.0. The number of esters is 2. The van der Waals surface area contributed by atoms with Crippen LogP contribution in [0.15, 0.2) is 36.5 Å². The number of carbonyl (C=O) groups excluding carboxylic acids is 2. The Morgan fingerprint density at radius 1 is 0.593 bits per heavy atom. The van der Waals surface area contributed by atoms with Crippen LogP contribution in [-0.4, -0.2) is 59.9 Å². The van der Waals surface area contributed by atoms with Crippen LogP contribution >= 0.6 is 7.82 Å². The molecule has 12 heteroatoms. The minimum atomic E-state index is -4.72. The predicted octanol–water partition coefficient (Wildman–Crippen LogP) is 10.8. The molecule has 0 heterocycles. The van der Waals surface area contributed by atoms with E-state index in [1.165, 1.54) is 70.6 Å². The number of hydrogen-bond acceptors (Lipinski definition) is 9. The van der Waals surface area contributed by atoms with E-state index >= 15 is 0 Å². The van der Waals surface area contributed by atoms with Gasteiger partial charge in [0.05, 0.1) is 13.2 Å². The number of ether oxygens (including phenoxy) is 2. The van der Waals surface area contributed by atoms with E-state index in [-0.39, 0.29) is 19.4 Å². The van der Waals surface area contributed by atoms with Crippen LogP contribution in [0.3, 0.4) is 0 Å². The molecule has 0 spiro atoms. The summed E-state index contributed by atoms with van der Waals surface area (Å²) < 4.78 is 32.6. The average molecular weight is 786 g/mol. The first kappa shape index (κ1) is 51.7. The molecule has 0 aliphatic rings. The number of carboxylic acids is 1. The van der Waals surface area contributed by atoms with Crippen molar-refractivity contribution in [3.63, 3.8) is 0 Å². The minimum Gasteiger partial charge on any atom is -0.480 e. The van der Waals surface area contributed by atoms with Gasteiger partial charge in [-0.15, -0.1) is 0 Å². The van der Waals surface area contributed by atoms with Crippen molar-refractivity contribution in [3.05, 3.63) is 36.5 Å². The second-order valence-corrected chi connectivity index (χ2v) is 15.6. The fraction of sp³-hybridized carbons (Fsp3) is 0.786. The van der Waals surface area contributed by atoms with Crippen LogP contribution in [0.25, 0.3) is 0 Å². The number of carboxylic acid groups (broad SMARTS) is 1. The number of hydrogen-bond donors (Lipinski definition) is 3. The molecule has 0 amide bonds. The lowest BCUT2D eigenvalue weighted by Gasteiger charge is -2.20. The third-order valence-corrected chi connectivity index (χ3v) is 9.85. The number of aliphatic carboxylic acids is 1. The monoisotopic (exact) mass is 786 g/mol. The first-order valence-corrected chi connectivity index (χ1v) is 22.5. The summed E-state index contributed by atoms with van der Waals surface area (Å²) in [6, 6.07) is -1.52. The van der Waals surface area contributed by atoms with E-state index in [9.17, 15) is 23.8 Å². The van der Waals surface area contributed by atoms with Crippen molar-refractivity contribution >= 4 is 25.7 Å². The van der Waals surface area contributed by atoms with Gasteiger partial charge in [0, 0.05) is 12.8 Å². The van der Waals surface area contributed by atoms with Crippen LogP contribution < -0.4 is 5.73 Å². The van der Waals surface area contributed by atoms with Crippen molar-refractivity contribution in [3.8, 4) is 0 Å². The van der Waals surface area contributed by atoms with E-state index in [1.54, 1.807) is 0 Å². The zero-order chi connectivity index (χ0) is 40.0. The number of nitrogens with two attached hydrogens (primary N) is 1. The number of carbonyl (C=O) groups is 3. The van der Waals surface area contributed by atoms with Gasteiger partial charge in [-0.25, -0.2) is 4.57 Å². The maximum absolute atomic E-state index is 12.6. The Kier molecular flexibility index (Phi) is 36.0. The molecule has 314 valence electrons. The molecule has 0 aliphatic carbocycles. The lowest BCUT2D eigenvalue weighted by molar-refractivity contribution is -0.161. The Balaban J connectivity index is 4.40. The highest BCUT2D eigenvalue weighted by atomic mass is 31.2. The highest BCUT2D eigenvalue weighted by Gasteiger charge is 2.28. The fourth-order valence-electron chi connectivity index (χ4n) is 5.61. The Morgan fingerprint density at radius 2 is 1.04 bits per heavy atom. The van der Waals surface area contributed by atoms with Crippen molar-refractivity contribution in [1.29, 1.82) is 0 Å². The topological polar surface area (TPSA) is 172 Å². The Labute approximate surface area is 327 Å². The van der Waals surface area contributed by atoms with Gasteiger partial charge in [-0.3, -0.25) is 23.4 Å².